The summed E-state index contributed by atoms with van der Waals surface area (Å²) in [5, 5.41) is 2.83. The van der Waals surface area contributed by atoms with Crippen LogP contribution in [0.25, 0.3) is 0 Å². The Morgan fingerprint density at radius 1 is 1.10 bits per heavy atom. The molecule has 1 N–H and O–H groups in total. The summed E-state index contributed by atoms with van der Waals surface area (Å²) in [6.45, 7) is 2.30. The number of benzene rings is 2. The summed E-state index contributed by atoms with van der Waals surface area (Å²) in [6, 6.07) is 13.9. The molecule has 8 nitrogen and oxygen atoms in total. The van der Waals surface area contributed by atoms with E-state index in [0.29, 0.717) is 45.2 Å². The lowest BCUT2D eigenvalue weighted by atomic mass is 10.2. The number of nitrogens with zero attached hydrogens (tertiary/aromatic N) is 1. The molecule has 0 aliphatic carbocycles. The highest BCUT2D eigenvalue weighted by Gasteiger charge is 2.28. The fourth-order valence-electron chi connectivity index (χ4n) is 3.19. The Kier molecular flexibility index (Phi) is 8.27. The molecule has 0 saturated carbocycles. The van der Waals surface area contributed by atoms with Gasteiger partial charge >= 0.3 is 0 Å². The average molecular weight is 449 g/mol. The van der Waals surface area contributed by atoms with Crippen LogP contribution in [-0.2, 0) is 14.8 Å². The first-order valence-electron chi connectivity index (χ1n) is 10.2. The maximum Gasteiger partial charge on any atom is 0.255 e. The molecule has 0 atom stereocenters. The molecule has 1 fully saturated rings. The van der Waals surface area contributed by atoms with E-state index in [9.17, 15) is 13.2 Å². The fourth-order valence-corrected chi connectivity index (χ4v) is 4.63. The Morgan fingerprint density at radius 2 is 1.84 bits per heavy atom. The van der Waals surface area contributed by atoms with E-state index in [-0.39, 0.29) is 16.4 Å². The second kappa shape index (κ2) is 11.1. The maximum absolute atomic E-state index is 12.9. The first-order chi connectivity index (χ1) is 15.0. The van der Waals surface area contributed by atoms with Crippen molar-refractivity contribution in [3.05, 3.63) is 54.1 Å². The van der Waals surface area contributed by atoms with Crippen LogP contribution in [-0.4, -0.2) is 65.2 Å². The molecule has 1 aliphatic heterocycles. The Balaban J connectivity index is 1.56. The molecule has 168 valence electrons. The minimum absolute atomic E-state index is 0.0663. The highest BCUT2D eigenvalue weighted by Crippen LogP contribution is 2.25. The van der Waals surface area contributed by atoms with Crippen LogP contribution in [0, 0.1) is 0 Å². The molecule has 3 rings (SSSR count). The summed E-state index contributed by atoms with van der Waals surface area (Å²) >= 11 is 0. The molecule has 1 amide bonds. The van der Waals surface area contributed by atoms with Crippen LogP contribution in [0.2, 0.25) is 0 Å². The number of nitrogens with one attached hydrogen (secondary N) is 1. The van der Waals surface area contributed by atoms with Gasteiger partial charge in [-0.1, -0.05) is 18.2 Å². The van der Waals surface area contributed by atoms with Gasteiger partial charge in [-0.15, -0.1) is 0 Å². The van der Waals surface area contributed by atoms with E-state index in [4.69, 9.17) is 14.2 Å². The molecule has 1 aliphatic rings. The molecule has 0 bridgehead atoms. The summed E-state index contributed by atoms with van der Waals surface area (Å²) in [4.78, 5) is 12.7. The molecule has 9 heteroatoms. The molecule has 0 unspecified atom stereocenters. The van der Waals surface area contributed by atoms with Gasteiger partial charge in [-0.3, -0.25) is 4.79 Å². The third kappa shape index (κ3) is 6.19. The molecule has 2 aromatic carbocycles. The number of sulfonamides is 1. The van der Waals surface area contributed by atoms with Crippen molar-refractivity contribution < 1.29 is 27.4 Å². The molecule has 1 saturated heterocycles. The van der Waals surface area contributed by atoms with Gasteiger partial charge in [-0.05, 0) is 43.2 Å². The Morgan fingerprint density at radius 3 is 2.55 bits per heavy atom. The van der Waals surface area contributed by atoms with Crippen LogP contribution >= 0.6 is 0 Å². The van der Waals surface area contributed by atoms with E-state index in [1.54, 1.807) is 0 Å². The van der Waals surface area contributed by atoms with Gasteiger partial charge in [0.25, 0.3) is 5.91 Å². The van der Waals surface area contributed by atoms with Crippen LogP contribution in [0.3, 0.4) is 0 Å². The predicted octanol–water partition coefficient (Wildman–Crippen LogP) is 2.31. The lowest BCUT2D eigenvalue weighted by molar-refractivity contribution is 0.0730. The van der Waals surface area contributed by atoms with E-state index in [2.05, 4.69) is 5.32 Å². The maximum atomic E-state index is 12.9. The van der Waals surface area contributed by atoms with Gasteiger partial charge in [-0.2, -0.15) is 4.31 Å². The molecule has 31 heavy (non-hydrogen) atoms. The number of hydrogen-bond acceptors (Lipinski definition) is 6. The number of carbonyl (C=O) groups excluding carboxylic acids is 1. The topological polar surface area (TPSA) is 94.2 Å². The lowest BCUT2D eigenvalue weighted by Gasteiger charge is -2.26. The molecule has 0 spiro atoms. The third-order valence-corrected chi connectivity index (χ3v) is 6.79. The molecular weight excluding hydrogens is 420 g/mol. The van der Waals surface area contributed by atoms with Crippen LogP contribution in [0.1, 0.15) is 23.2 Å². The molecule has 0 radical (unpaired) electrons. The minimum Gasteiger partial charge on any atom is -0.496 e. The summed E-state index contributed by atoms with van der Waals surface area (Å²) in [5.41, 5.74) is 0.192. The minimum atomic E-state index is -3.70. The van der Waals surface area contributed by atoms with Crippen LogP contribution in [0.15, 0.2) is 53.4 Å². The van der Waals surface area contributed by atoms with E-state index in [0.717, 1.165) is 18.6 Å². The predicted molar refractivity (Wildman–Crippen MR) is 116 cm³/mol. The number of carbonyl (C=O) groups is 1. The van der Waals surface area contributed by atoms with Crippen LogP contribution in [0.4, 0.5) is 0 Å². The van der Waals surface area contributed by atoms with Gasteiger partial charge in [-0.25, -0.2) is 8.42 Å². The summed E-state index contributed by atoms with van der Waals surface area (Å²) in [7, 11) is -2.25. The zero-order valence-electron chi connectivity index (χ0n) is 17.6. The van der Waals surface area contributed by atoms with E-state index in [1.807, 2.05) is 30.3 Å². The number of unbranched alkanes of at least 4 members (excludes halogenated alkanes) is 1. The van der Waals surface area contributed by atoms with Crippen molar-refractivity contribution in [2.75, 3.05) is 46.6 Å². The normalized spacial score (nSPS) is 14.7. The zero-order chi connectivity index (χ0) is 22.1. The third-order valence-electron chi connectivity index (χ3n) is 4.89. The second-order valence-corrected chi connectivity index (χ2v) is 8.94. The van der Waals surface area contributed by atoms with Crippen molar-refractivity contribution >= 4 is 15.9 Å². The monoisotopic (exact) mass is 448 g/mol. The average Bonchev–Trinajstić information content (AvgIpc) is 2.82. The van der Waals surface area contributed by atoms with Gasteiger partial charge in [0.2, 0.25) is 10.0 Å². The second-order valence-electron chi connectivity index (χ2n) is 7.00. The van der Waals surface area contributed by atoms with Crippen LogP contribution in [0.5, 0.6) is 11.5 Å². The van der Waals surface area contributed by atoms with E-state index >= 15 is 0 Å². The van der Waals surface area contributed by atoms with Gasteiger partial charge in [0, 0.05) is 19.6 Å². The first-order valence-corrected chi connectivity index (χ1v) is 11.7. The molecule has 1 heterocycles. The lowest BCUT2D eigenvalue weighted by Crippen LogP contribution is -2.40. The van der Waals surface area contributed by atoms with E-state index in [1.165, 1.54) is 29.6 Å². The van der Waals surface area contributed by atoms with Crippen molar-refractivity contribution in [1.82, 2.24) is 9.62 Å². The largest absolute Gasteiger partial charge is 0.496 e. The van der Waals surface area contributed by atoms with Gasteiger partial charge in [0.15, 0.2) is 0 Å². The summed E-state index contributed by atoms with van der Waals surface area (Å²) in [6.07, 6.45) is 1.50. The number of amides is 1. The number of methoxy groups -OCH3 is 1. The first kappa shape index (κ1) is 23.1. The number of hydrogen-bond donors (Lipinski definition) is 1. The Bertz CT molecular complexity index is 959. The fraction of sp³-hybridized carbons (Fsp3) is 0.409. The number of morpholine rings is 1. The summed E-state index contributed by atoms with van der Waals surface area (Å²) < 4.78 is 43.3. The number of ether oxygens (including phenoxy) is 3. The number of para-hydroxylation sites is 1. The Hall–Kier alpha value is -2.62. The quantitative estimate of drug-likeness (QED) is 0.561. The van der Waals surface area contributed by atoms with Crippen molar-refractivity contribution in [3.63, 3.8) is 0 Å². The highest BCUT2D eigenvalue weighted by atomic mass is 32.2. The van der Waals surface area contributed by atoms with Crippen molar-refractivity contribution in [2.45, 2.75) is 17.7 Å². The number of rotatable bonds is 10. The van der Waals surface area contributed by atoms with Crippen molar-refractivity contribution in [3.8, 4) is 11.5 Å². The molecule has 2 aromatic rings. The SMILES string of the molecule is COc1ccc(S(=O)(=O)N2CCOCC2)cc1C(=O)NCCCCOc1ccccc1. The highest BCUT2D eigenvalue weighted by molar-refractivity contribution is 7.89. The zero-order valence-corrected chi connectivity index (χ0v) is 18.4. The van der Waals surface area contributed by atoms with Crippen molar-refractivity contribution in [1.29, 1.82) is 0 Å². The van der Waals surface area contributed by atoms with Gasteiger partial charge in [0.1, 0.15) is 11.5 Å². The van der Waals surface area contributed by atoms with Gasteiger partial charge < -0.3 is 19.5 Å². The van der Waals surface area contributed by atoms with Crippen molar-refractivity contribution in [2.24, 2.45) is 0 Å². The van der Waals surface area contributed by atoms with E-state index < -0.39 is 10.0 Å². The van der Waals surface area contributed by atoms with Gasteiger partial charge in [0.05, 0.1) is 37.4 Å². The smallest absolute Gasteiger partial charge is 0.255 e. The standard InChI is InChI=1S/C22H28N2O6S/c1-28-21-10-9-19(31(26,27)24-12-15-29-16-13-24)17-20(21)22(25)23-11-5-6-14-30-18-7-3-2-4-8-18/h2-4,7-10,17H,5-6,11-16H2,1H3,(H,23,25). The molecule has 0 aromatic heterocycles. The van der Waals surface area contributed by atoms with Crippen LogP contribution < -0.4 is 14.8 Å². The Labute approximate surface area is 183 Å². The summed E-state index contributed by atoms with van der Waals surface area (Å²) in [5.74, 6) is 0.764. The molecular formula is C22H28N2O6S.